The molecular formula is C15H21FN2O4. The van der Waals surface area contributed by atoms with Gasteiger partial charge in [0.2, 0.25) is 0 Å². The van der Waals surface area contributed by atoms with Crippen molar-refractivity contribution in [2.45, 2.75) is 38.8 Å². The number of nitrogens with one attached hydrogen (secondary N) is 1. The molecule has 0 spiro atoms. The molecule has 0 aromatic heterocycles. The van der Waals surface area contributed by atoms with Crippen LogP contribution in [0.4, 0.5) is 14.9 Å². The van der Waals surface area contributed by atoms with Crippen molar-refractivity contribution in [2.24, 2.45) is 0 Å². The number of ether oxygens (including phenoxy) is 2. The summed E-state index contributed by atoms with van der Waals surface area (Å²) in [6, 6.07) is 2.86. The highest BCUT2D eigenvalue weighted by Crippen LogP contribution is 2.16. The summed E-state index contributed by atoms with van der Waals surface area (Å²) < 4.78 is 22.8. The summed E-state index contributed by atoms with van der Waals surface area (Å²) in [6.45, 7) is 5.12. The van der Waals surface area contributed by atoms with Crippen molar-refractivity contribution < 1.29 is 23.5 Å². The first-order valence-corrected chi connectivity index (χ1v) is 6.73. The molecule has 0 aliphatic carbocycles. The van der Waals surface area contributed by atoms with Crippen LogP contribution in [0.2, 0.25) is 0 Å². The van der Waals surface area contributed by atoms with Crippen LogP contribution >= 0.6 is 0 Å². The average Bonchev–Trinajstić information content (AvgIpc) is 2.37. The number of hydrogen-bond donors (Lipinski definition) is 2. The third-order valence-electron chi connectivity index (χ3n) is 2.71. The maximum atomic E-state index is 13.0. The minimum atomic E-state index is -0.979. The minimum absolute atomic E-state index is 0.0675. The Kier molecular flexibility index (Phi) is 5.73. The molecule has 3 N–H and O–H groups in total. The molecule has 0 heterocycles. The van der Waals surface area contributed by atoms with Crippen LogP contribution in [-0.4, -0.2) is 30.8 Å². The highest BCUT2D eigenvalue weighted by atomic mass is 19.1. The molecule has 0 fully saturated rings. The van der Waals surface area contributed by atoms with E-state index in [4.69, 9.17) is 10.5 Å². The molecule has 1 aromatic rings. The molecule has 1 aromatic carbocycles. The van der Waals surface area contributed by atoms with Crippen LogP contribution in [0.1, 0.15) is 26.3 Å². The molecule has 0 aliphatic heterocycles. The first-order valence-electron chi connectivity index (χ1n) is 6.73. The van der Waals surface area contributed by atoms with Gasteiger partial charge in [-0.05, 0) is 38.5 Å². The number of benzene rings is 1. The van der Waals surface area contributed by atoms with Gasteiger partial charge in [-0.25, -0.2) is 14.0 Å². The number of hydrogen-bond acceptors (Lipinski definition) is 5. The van der Waals surface area contributed by atoms with Crippen LogP contribution in [0, 0.1) is 5.82 Å². The van der Waals surface area contributed by atoms with Crippen molar-refractivity contribution in [3.8, 4) is 0 Å². The number of halogens is 1. The van der Waals surface area contributed by atoms with E-state index < -0.39 is 29.5 Å². The number of anilines is 1. The molecule has 22 heavy (non-hydrogen) atoms. The first kappa shape index (κ1) is 17.7. The fourth-order valence-corrected chi connectivity index (χ4v) is 1.76. The number of rotatable bonds is 4. The Morgan fingerprint density at radius 1 is 1.36 bits per heavy atom. The summed E-state index contributed by atoms with van der Waals surface area (Å²) >= 11 is 0. The van der Waals surface area contributed by atoms with Crippen LogP contribution in [0.15, 0.2) is 18.2 Å². The molecule has 7 heteroatoms. The Bertz CT molecular complexity index is 555. The van der Waals surface area contributed by atoms with Gasteiger partial charge in [0.1, 0.15) is 17.5 Å². The molecule has 1 amide bonds. The summed E-state index contributed by atoms with van der Waals surface area (Å²) in [5.74, 6) is -1.12. The van der Waals surface area contributed by atoms with E-state index in [1.165, 1.54) is 19.2 Å². The van der Waals surface area contributed by atoms with Gasteiger partial charge in [0.25, 0.3) is 0 Å². The van der Waals surface area contributed by atoms with Crippen LogP contribution < -0.4 is 11.1 Å². The Labute approximate surface area is 128 Å². The van der Waals surface area contributed by atoms with Crippen molar-refractivity contribution >= 4 is 17.7 Å². The number of amides is 1. The second-order valence-corrected chi connectivity index (χ2v) is 5.77. The third-order valence-corrected chi connectivity index (χ3v) is 2.71. The van der Waals surface area contributed by atoms with Crippen molar-refractivity contribution in [2.75, 3.05) is 12.8 Å². The Balaban J connectivity index is 2.85. The molecule has 1 rings (SSSR count). The van der Waals surface area contributed by atoms with Crippen molar-refractivity contribution in [3.63, 3.8) is 0 Å². The largest absolute Gasteiger partial charge is 0.467 e. The summed E-state index contributed by atoms with van der Waals surface area (Å²) in [6.07, 6.45) is -0.679. The quantitative estimate of drug-likeness (QED) is 0.655. The lowest BCUT2D eigenvalue weighted by Crippen LogP contribution is -2.45. The van der Waals surface area contributed by atoms with Gasteiger partial charge in [0, 0.05) is 12.1 Å². The average molecular weight is 312 g/mol. The fourth-order valence-electron chi connectivity index (χ4n) is 1.76. The van der Waals surface area contributed by atoms with Crippen LogP contribution in [0.3, 0.4) is 0 Å². The van der Waals surface area contributed by atoms with Gasteiger partial charge >= 0.3 is 12.1 Å². The summed E-state index contributed by atoms with van der Waals surface area (Å²) in [7, 11) is 1.21. The SMILES string of the molecule is COC(=O)C(Cc1ccc(F)cc1N)NC(=O)OC(C)(C)C. The molecule has 0 aliphatic rings. The zero-order valence-electron chi connectivity index (χ0n) is 13.1. The zero-order chi connectivity index (χ0) is 16.9. The molecule has 0 saturated heterocycles. The number of methoxy groups -OCH3 is 1. The number of esters is 1. The van der Waals surface area contributed by atoms with Crippen LogP contribution in [0.25, 0.3) is 0 Å². The van der Waals surface area contributed by atoms with Crippen LogP contribution in [-0.2, 0) is 20.7 Å². The number of nitrogen functional groups attached to an aromatic ring is 1. The van der Waals surface area contributed by atoms with Crippen molar-refractivity contribution in [3.05, 3.63) is 29.6 Å². The predicted octanol–water partition coefficient (Wildman–Crippen LogP) is 2.02. The number of nitrogens with two attached hydrogens (primary N) is 1. The number of carbonyl (C=O) groups excluding carboxylic acids is 2. The van der Waals surface area contributed by atoms with Gasteiger partial charge in [0.15, 0.2) is 0 Å². The van der Waals surface area contributed by atoms with E-state index in [9.17, 15) is 14.0 Å². The summed E-state index contributed by atoms with van der Waals surface area (Å²) in [5, 5.41) is 2.43. The van der Waals surface area contributed by atoms with Crippen LogP contribution in [0.5, 0.6) is 0 Å². The van der Waals surface area contributed by atoms with E-state index >= 15 is 0 Å². The lowest BCUT2D eigenvalue weighted by molar-refractivity contribution is -0.143. The van der Waals surface area contributed by atoms with Gasteiger partial charge in [-0.1, -0.05) is 6.07 Å². The number of alkyl carbamates (subject to hydrolysis) is 1. The summed E-state index contributed by atoms with van der Waals surface area (Å²) in [5.41, 5.74) is 5.73. The molecule has 1 unspecified atom stereocenters. The molecule has 122 valence electrons. The third kappa shape index (κ3) is 5.59. The highest BCUT2D eigenvalue weighted by molar-refractivity contribution is 5.82. The van der Waals surface area contributed by atoms with Gasteiger partial charge < -0.3 is 20.5 Å². The molecule has 6 nitrogen and oxygen atoms in total. The Morgan fingerprint density at radius 3 is 2.50 bits per heavy atom. The van der Waals surface area contributed by atoms with Gasteiger partial charge in [-0.2, -0.15) is 0 Å². The number of carbonyl (C=O) groups is 2. The van der Waals surface area contributed by atoms with E-state index in [1.54, 1.807) is 20.8 Å². The Morgan fingerprint density at radius 2 is 2.00 bits per heavy atom. The lowest BCUT2D eigenvalue weighted by atomic mass is 10.0. The fraction of sp³-hybridized carbons (Fsp3) is 0.467. The van der Waals surface area contributed by atoms with E-state index in [1.807, 2.05) is 0 Å². The first-order chi connectivity index (χ1) is 10.1. The molecule has 0 saturated carbocycles. The normalized spacial score (nSPS) is 12.4. The maximum absolute atomic E-state index is 13.0. The maximum Gasteiger partial charge on any atom is 0.408 e. The molecule has 1 atom stereocenters. The topological polar surface area (TPSA) is 90.6 Å². The second kappa shape index (κ2) is 7.11. The van der Waals surface area contributed by atoms with E-state index in [0.717, 1.165) is 6.07 Å². The van der Waals surface area contributed by atoms with E-state index in [-0.39, 0.29) is 12.1 Å². The highest BCUT2D eigenvalue weighted by Gasteiger charge is 2.25. The lowest BCUT2D eigenvalue weighted by Gasteiger charge is -2.23. The monoisotopic (exact) mass is 312 g/mol. The minimum Gasteiger partial charge on any atom is -0.467 e. The summed E-state index contributed by atoms with van der Waals surface area (Å²) in [4.78, 5) is 23.6. The smallest absolute Gasteiger partial charge is 0.408 e. The van der Waals surface area contributed by atoms with Crippen molar-refractivity contribution in [1.82, 2.24) is 5.32 Å². The molecule has 0 bridgehead atoms. The van der Waals surface area contributed by atoms with E-state index in [2.05, 4.69) is 10.1 Å². The van der Waals surface area contributed by atoms with Crippen molar-refractivity contribution in [1.29, 1.82) is 0 Å². The standard InChI is InChI=1S/C15H21FN2O4/c1-15(2,3)22-14(20)18-12(13(19)21-4)7-9-5-6-10(16)8-11(9)17/h5-6,8,12H,7,17H2,1-4H3,(H,18,20). The van der Waals surface area contributed by atoms with E-state index in [0.29, 0.717) is 5.56 Å². The second-order valence-electron chi connectivity index (χ2n) is 5.77. The predicted molar refractivity (Wildman–Crippen MR) is 79.7 cm³/mol. The Hall–Kier alpha value is -2.31. The van der Waals surface area contributed by atoms with Gasteiger partial charge in [0.05, 0.1) is 7.11 Å². The molecular weight excluding hydrogens is 291 g/mol. The van der Waals surface area contributed by atoms with Gasteiger partial charge in [-0.3, -0.25) is 0 Å². The van der Waals surface area contributed by atoms with Gasteiger partial charge in [-0.15, -0.1) is 0 Å². The zero-order valence-corrected chi connectivity index (χ0v) is 13.1. The molecule has 0 radical (unpaired) electrons.